The van der Waals surface area contributed by atoms with Gasteiger partial charge in [-0.05, 0) is 37.1 Å². The van der Waals surface area contributed by atoms with E-state index in [9.17, 15) is 9.18 Å². The van der Waals surface area contributed by atoms with Crippen molar-refractivity contribution >= 4 is 28.5 Å². The van der Waals surface area contributed by atoms with E-state index >= 15 is 0 Å². The maximum atomic E-state index is 13.1. The van der Waals surface area contributed by atoms with Gasteiger partial charge in [0.05, 0.1) is 22.7 Å². The molecule has 0 saturated heterocycles. The number of carbonyl (C=O) groups is 1. The van der Waals surface area contributed by atoms with Crippen LogP contribution in [0.3, 0.4) is 0 Å². The van der Waals surface area contributed by atoms with Crippen molar-refractivity contribution in [3.8, 4) is 5.75 Å². The third kappa shape index (κ3) is 3.62. The fourth-order valence-corrected chi connectivity index (χ4v) is 3.47. The zero-order chi connectivity index (χ0) is 18.8. The second-order valence-corrected chi connectivity index (χ2v) is 6.91. The molecule has 1 aromatic heterocycles. The van der Waals surface area contributed by atoms with Gasteiger partial charge in [0.1, 0.15) is 11.6 Å². The Morgan fingerprint density at radius 2 is 2.00 bits per heavy atom. The zero-order valence-corrected chi connectivity index (χ0v) is 15.5. The summed E-state index contributed by atoms with van der Waals surface area (Å²) in [5, 5.41) is 0.0503. The van der Waals surface area contributed by atoms with Gasteiger partial charge in [0, 0.05) is 25.7 Å². The highest BCUT2D eigenvalue weighted by atomic mass is 35.5. The molecular weight excluding hydrogens is 369 g/mol. The molecule has 4 rings (SSSR count). The van der Waals surface area contributed by atoms with E-state index in [-0.39, 0.29) is 10.9 Å². The number of aromatic nitrogens is 2. The fourth-order valence-electron chi connectivity index (χ4n) is 3.30. The highest BCUT2D eigenvalue weighted by Gasteiger charge is 2.27. The predicted octanol–water partition coefficient (Wildman–Crippen LogP) is 4.14. The molecule has 0 spiro atoms. The monoisotopic (exact) mass is 387 g/mol. The van der Waals surface area contributed by atoms with Gasteiger partial charge >= 0.3 is 0 Å². The number of benzene rings is 2. The number of hydrogen-bond acceptors (Lipinski definition) is 3. The van der Waals surface area contributed by atoms with E-state index in [0.717, 1.165) is 30.4 Å². The summed E-state index contributed by atoms with van der Waals surface area (Å²) in [6, 6.07) is 12.1. The van der Waals surface area contributed by atoms with Crippen molar-refractivity contribution in [2.24, 2.45) is 0 Å². The summed E-state index contributed by atoms with van der Waals surface area (Å²) < 4.78 is 20.7. The average Bonchev–Trinajstić information content (AvgIpc) is 3.05. The second-order valence-electron chi connectivity index (χ2n) is 6.50. The first-order chi connectivity index (χ1) is 13.1. The molecule has 0 bridgehead atoms. The third-order valence-electron chi connectivity index (χ3n) is 4.71. The van der Waals surface area contributed by atoms with Crippen LogP contribution in [0.2, 0.25) is 5.02 Å². The van der Waals surface area contributed by atoms with Gasteiger partial charge in [-0.3, -0.25) is 4.79 Å². The molecule has 0 atom stereocenters. The Labute approximate surface area is 161 Å². The molecule has 0 unspecified atom stereocenters. The number of hydrogen-bond donors (Lipinski definition) is 0. The fraction of sp³-hybridized carbons (Fsp3) is 0.300. The molecule has 140 valence electrons. The molecule has 1 aliphatic heterocycles. The van der Waals surface area contributed by atoms with Crippen LogP contribution >= 0.6 is 11.6 Å². The number of carbonyl (C=O) groups excluding carboxylic acids is 1. The van der Waals surface area contributed by atoms with Gasteiger partial charge < -0.3 is 14.2 Å². The molecule has 3 aromatic rings. The topological polar surface area (TPSA) is 47.4 Å². The number of para-hydroxylation sites is 2. The largest absolute Gasteiger partial charge is 0.494 e. The lowest BCUT2D eigenvalue weighted by Crippen LogP contribution is -2.41. The maximum absolute atomic E-state index is 13.1. The first-order valence-electron chi connectivity index (χ1n) is 8.96. The number of nitrogens with zero attached hydrogens (tertiary/aromatic N) is 3. The van der Waals surface area contributed by atoms with E-state index in [4.69, 9.17) is 16.3 Å². The van der Waals surface area contributed by atoms with Crippen LogP contribution in [0.15, 0.2) is 42.5 Å². The molecule has 0 N–H and O–H groups in total. The Balaban J connectivity index is 1.29. The molecule has 2 heterocycles. The SMILES string of the molecule is O=C1c2nc3ccccc3n2CCN1CCCCOc1ccc(F)c(Cl)c1. The summed E-state index contributed by atoms with van der Waals surface area (Å²) >= 11 is 5.74. The number of ether oxygens (including phenoxy) is 1. The Hall–Kier alpha value is -2.60. The summed E-state index contributed by atoms with van der Waals surface area (Å²) in [5.41, 5.74) is 1.86. The molecule has 1 amide bonds. The maximum Gasteiger partial charge on any atom is 0.289 e. The summed E-state index contributed by atoms with van der Waals surface area (Å²) in [6.45, 7) is 2.59. The Morgan fingerprint density at radius 1 is 1.15 bits per heavy atom. The predicted molar refractivity (Wildman–Crippen MR) is 102 cm³/mol. The number of fused-ring (bicyclic) bond motifs is 3. The number of amides is 1. The van der Waals surface area contributed by atoms with E-state index in [1.54, 1.807) is 6.07 Å². The second kappa shape index (κ2) is 7.56. The number of imidazole rings is 1. The summed E-state index contributed by atoms with van der Waals surface area (Å²) in [6.07, 6.45) is 1.61. The molecule has 7 heteroatoms. The van der Waals surface area contributed by atoms with E-state index < -0.39 is 5.82 Å². The van der Waals surface area contributed by atoms with Gasteiger partial charge in [0.25, 0.3) is 5.91 Å². The van der Waals surface area contributed by atoms with E-state index in [1.165, 1.54) is 12.1 Å². The lowest BCUT2D eigenvalue weighted by Gasteiger charge is -2.27. The highest BCUT2D eigenvalue weighted by molar-refractivity contribution is 6.30. The van der Waals surface area contributed by atoms with Crippen LogP contribution < -0.4 is 4.74 Å². The van der Waals surface area contributed by atoms with Gasteiger partial charge in [-0.1, -0.05) is 23.7 Å². The first kappa shape index (κ1) is 17.8. The molecule has 0 radical (unpaired) electrons. The smallest absolute Gasteiger partial charge is 0.289 e. The minimum Gasteiger partial charge on any atom is -0.494 e. The van der Waals surface area contributed by atoms with Gasteiger partial charge in [0.15, 0.2) is 5.82 Å². The molecule has 1 aliphatic rings. The summed E-state index contributed by atoms with van der Waals surface area (Å²) in [7, 11) is 0. The van der Waals surface area contributed by atoms with E-state index in [1.807, 2.05) is 33.7 Å². The lowest BCUT2D eigenvalue weighted by molar-refractivity contribution is 0.0693. The Bertz CT molecular complexity index is 989. The van der Waals surface area contributed by atoms with Crippen LogP contribution in [0.25, 0.3) is 11.0 Å². The van der Waals surface area contributed by atoms with Gasteiger partial charge in [-0.2, -0.15) is 0 Å². The Kier molecular flexibility index (Phi) is 4.99. The normalized spacial score (nSPS) is 13.9. The molecule has 0 saturated carbocycles. The lowest BCUT2D eigenvalue weighted by atomic mass is 10.2. The van der Waals surface area contributed by atoms with Gasteiger partial charge in [-0.15, -0.1) is 0 Å². The highest BCUT2D eigenvalue weighted by Crippen LogP contribution is 2.22. The van der Waals surface area contributed by atoms with Crippen LogP contribution in [0.1, 0.15) is 23.5 Å². The number of unbranched alkanes of at least 4 members (excludes halogenated alkanes) is 1. The standard InChI is InChI=1S/C20H19ClFN3O2/c21-15-13-14(7-8-16(15)22)27-12-4-3-9-24-10-11-25-18-6-2-1-5-17(18)23-19(25)20(24)26/h1-2,5-8,13H,3-4,9-12H2. The van der Waals surface area contributed by atoms with Crippen LogP contribution in [-0.4, -0.2) is 40.1 Å². The van der Waals surface area contributed by atoms with Crippen molar-refractivity contribution in [1.82, 2.24) is 14.5 Å². The van der Waals surface area contributed by atoms with E-state index in [0.29, 0.717) is 31.3 Å². The molecular formula is C20H19ClFN3O2. The van der Waals surface area contributed by atoms with E-state index in [2.05, 4.69) is 4.98 Å². The number of rotatable bonds is 6. The van der Waals surface area contributed by atoms with Crippen LogP contribution in [0.5, 0.6) is 5.75 Å². The van der Waals surface area contributed by atoms with Crippen molar-refractivity contribution in [2.75, 3.05) is 19.7 Å². The van der Waals surface area contributed by atoms with Crippen molar-refractivity contribution in [3.05, 3.63) is 59.1 Å². The minimum atomic E-state index is -0.460. The molecule has 2 aromatic carbocycles. The van der Waals surface area contributed by atoms with Crippen LogP contribution in [0.4, 0.5) is 4.39 Å². The van der Waals surface area contributed by atoms with Crippen LogP contribution in [-0.2, 0) is 6.54 Å². The molecule has 27 heavy (non-hydrogen) atoms. The Morgan fingerprint density at radius 3 is 2.85 bits per heavy atom. The van der Waals surface area contributed by atoms with Crippen molar-refractivity contribution in [3.63, 3.8) is 0 Å². The first-order valence-corrected chi connectivity index (χ1v) is 9.33. The van der Waals surface area contributed by atoms with Crippen molar-refractivity contribution in [1.29, 1.82) is 0 Å². The van der Waals surface area contributed by atoms with Crippen molar-refractivity contribution in [2.45, 2.75) is 19.4 Å². The average molecular weight is 388 g/mol. The number of halogens is 2. The van der Waals surface area contributed by atoms with Gasteiger partial charge in [-0.25, -0.2) is 9.37 Å². The van der Waals surface area contributed by atoms with Crippen LogP contribution in [0, 0.1) is 5.82 Å². The summed E-state index contributed by atoms with van der Waals surface area (Å²) in [4.78, 5) is 19.0. The van der Waals surface area contributed by atoms with Gasteiger partial charge in [0.2, 0.25) is 0 Å². The molecule has 5 nitrogen and oxygen atoms in total. The molecule has 0 fully saturated rings. The molecule has 0 aliphatic carbocycles. The minimum absolute atomic E-state index is 0.0244. The quantitative estimate of drug-likeness (QED) is 0.597. The third-order valence-corrected chi connectivity index (χ3v) is 5.00. The van der Waals surface area contributed by atoms with Crippen molar-refractivity contribution < 1.29 is 13.9 Å². The zero-order valence-electron chi connectivity index (χ0n) is 14.7. The summed E-state index contributed by atoms with van der Waals surface area (Å²) in [5.74, 6) is 0.575.